The highest BCUT2D eigenvalue weighted by molar-refractivity contribution is 5.92. The zero-order valence-electron chi connectivity index (χ0n) is 20.6. The lowest BCUT2D eigenvalue weighted by Crippen LogP contribution is -2.10. The summed E-state index contributed by atoms with van der Waals surface area (Å²) in [4.78, 5) is 2.36. The maximum Gasteiger partial charge on any atom is 0.0468 e. The highest BCUT2D eigenvalue weighted by Crippen LogP contribution is 2.37. The molecule has 0 atom stereocenters. The van der Waals surface area contributed by atoms with Gasteiger partial charge in [0.05, 0.1) is 0 Å². The second-order valence-electron chi connectivity index (χ2n) is 9.55. The van der Waals surface area contributed by atoms with E-state index in [1.807, 2.05) is 0 Å². The number of benzene rings is 6. The fourth-order valence-corrected chi connectivity index (χ4v) is 4.93. The summed E-state index contributed by atoms with van der Waals surface area (Å²) in [5.41, 5.74) is 7.55. The average Bonchev–Trinajstić information content (AvgIpc) is 2.93. The third-order valence-corrected chi connectivity index (χ3v) is 7.00. The van der Waals surface area contributed by atoms with Gasteiger partial charge in [0.2, 0.25) is 0 Å². The van der Waals surface area contributed by atoms with Crippen LogP contribution in [0.3, 0.4) is 0 Å². The van der Waals surface area contributed by atoms with Gasteiger partial charge in [0.1, 0.15) is 0 Å². The van der Waals surface area contributed by atoms with Crippen molar-refractivity contribution in [3.05, 3.63) is 150 Å². The summed E-state index contributed by atoms with van der Waals surface area (Å²) >= 11 is 0. The van der Waals surface area contributed by atoms with Crippen molar-refractivity contribution in [2.24, 2.45) is 0 Å². The van der Waals surface area contributed by atoms with Gasteiger partial charge >= 0.3 is 0 Å². The van der Waals surface area contributed by atoms with Crippen LogP contribution in [0.2, 0.25) is 0 Å². The van der Waals surface area contributed by atoms with E-state index in [9.17, 15) is 0 Å². The quantitative estimate of drug-likeness (QED) is 0.238. The zero-order valence-corrected chi connectivity index (χ0v) is 20.6. The van der Waals surface area contributed by atoms with Gasteiger partial charge in [-0.05, 0) is 88.8 Å². The van der Waals surface area contributed by atoms with Crippen molar-refractivity contribution in [3.8, 4) is 0 Å². The maximum atomic E-state index is 2.36. The van der Waals surface area contributed by atoms with Gasteiger partial charge in [0.15, 0.2) is 0 Å². The van der Waals surface area contributed by atoms with Crippen LogP contribution in [0, 0.1) is 6.92 Å². The molecule has 0 aliphatic rings. The smallest absolute Gasteiger partial charge is 0.0468 e. The Balaban J connectivity index is 1.36. The first-order valence-corrected chi connectivity index (χ1v) is 12.7. The van der Waals surface area contributed by atoms with E-state index in [0.29, 0.717) is 0 Å². The van der Waals surface area contributed by atoms with Crippen molar-refractivity contribution < 1.29 is 0 Å². The Bertz CT molecular complexity index is 1550. The summed E-state index contributed by atoms with van der Waals surface area (Å²) in [6, 6.07) is 48.5. The molecule has 1 heteroatoms. The van der Waals surface area contributed by atoms with Crippen molar-refractivity contribution >= 4 is 38.6 Å². The number of anilines is 3. The first-order valence-electron chi connectivity index (χ1n) is 12.7. The van der Waals surface area contributed by atoms with Crippen LogP contribution in [0.25, 0.3) is 21.5 Å². The largest absolute Gasteiger partial charge is 0.310 e. The van der Waals surface area contributed by atoms with Crippen molar-refractivity contribution in [3.63, 3.8) is 0 Å². The van der Waals surface area contributed by atoms with Crippen LogP contribution in [0.15, 0.2) is 133 Å². The molecule has 0 radical (unpaired) electrons. The fourth-order valence-electron chi connectivity index (χ4n) is 4.93. The molecule has 0 amide bonds. The molecule has 0 saturated heterocycles. The van der Waals surface area contributed by atoms with E-state index in [1.54, 1.807) is 0 Å². The summed E-state index contributed by atoms with van der Waals surface area (Å²) in [5, 5.41) is 5.00. The molecule has 6 rings (SSSR count). The summed E-state index contributed by atoms with van der Waals surface area (Å²) < 4.78 is 0. The highest BCUT2D eigenvalue weighted by atomic mass is 15.1. The molecule has 0 unspecified atom stereocenters. The molecule has 0 aliphatic carbocycles. The van der Waals surface area contributed by atoms with Crippen LogP contribution in [0.4, 0.5) is 17.1 Å². The molecule has 0 N–H and O–H groups in total. The van der Waals surface area contributed by atoms with Gasteiger partial charge in [-0.3, -0.25) is 0 Å². The third kappa shape index (κ3) is 4.61. The molecule has 0 heterocycles. The lowest BCUT2D eigenvalue weighted by Gasteiger charge is -2.26. The Morgan fingerprint density at radius 1 is 0.417 bits per heavy atom. The lowest BCUT2D eigenvalue weighted by atomic mass is 10.0. The zero-order chi connectivity index (χ0) is 24.3. The Morgan fingerprint density at radius 3 is 1.33 bits per heavy atom. The summed E-state index contributed by atoms with van der Waals surface area (Å²) in [7, 11) is 0. The molecule has 0 bridgehead atoms. The Morgan fingerprint density at radius 2 is 0.833 bits per heavy atom. The molecule has 0 saturated carbocycles. The van der Waals surface area contributed by atoms with Gasteiger partial charge in [-0.1, -0.05) is 103 Å². The van der Waals surface area contributed by atoms with Gasteiger partial charge in [-0.2, -0.15) is 0 Å². The molecular weight excluding hydrogens is 434 g/mol. The molecule has 36 heavy (non-hydrogen) atoms. The van der Waals surface area contributed by atoms with Crippen LogP contribution < -0.4 is 4.90 Å². The van der Waals surface area contributed by atoms with E-state index in [2.05, 4.69) is 145 Å². The average molecular weight is 464 g/mol. The Labute approximate surface area is 213 Å². The van der Waals surface area contributed by atoms with Crippen molar-refractivity contribution in [1.82, 2.24) is 0 Å². The standard InChI is InChI=1S/C35H29N/c1-26-10-12-27(13-11-26)14-15-28-16-20-33(21-17-28)36(34-22-18-29-6-2-4-8-31(29)24-34)35-23-19-30-7-3-5-9-32(30)25-35/h2-13,16-25H,14-15H2,1H3. The minimum absolute atomic E-state index is 1.04. The molecule has 174 valence electrons. The fraction of sp³-hybridized carbons (Fsp3) is 0.0857. The number of nitrogens with zero attached hydrogens (tertiary/aromatic N) is 1. The molecule has 0 aliphatic heterocycles. The molecular formula is C35H29N. The first kappa shape index (κ1) is 22.1. The third-order valence-electron chi connectivity index (χ3n) is 7.00. The molecule has 0 spiro atoms. The normalized spacial score (nSPS) is 11.1. The SMILES string of the molecule is Cc1ccc(CCc2ccc(N(c3ccc4ccccc4c3)c3ccc4ccccc4c3)cc2)cc1. The van der Waals surface area contributed by atoms with Gasteiger partial charge in [-0.25, -0.2) is 0 Å². The number of hydrogen-bond acceptors (Lipinski definition) is 1. The van der Waals surface area contributed by atoms with Crippen LogP contribution in [-0.4, -0.2) is 0 Å². The second kappa shape index (κ2) is 9.71. The van der Waals surface area contributed by atoms with Gasteiger partial charge in [-0.15, -0.1) is 0 Å². The van der Waals surface area contributed by atoms with Gasteiger partial charge < -0.3 is 4.90 Å². The minimum Gasteiger partial charge on any atom is -0.310 e. The lowest BCUT2D eigenvalue weighted by molar-refractivity contribution is 0.959. The van der Waals surface area contributed by atoms with Crippen LogP contribution >= 0.6 is 0 Å². The summed E-state index contributed by atoms with van der Waals surface area (Å²) in [6.45, 7) is 2.14. The second-order valence-corrected chi connectivity index (χ2v) is 9.55. The number of fused-ring (bicyclic) bond motifs is 2. The Hall–Kier alpha value is -4.36. The predicted molar refractivity (Wildman–Crippen MR) is 155 cm³/mol. The summed E-state index contributed by atoms with van der Waals surface area (Å²) in [6.07, 6.45) is 2.09. The number of hydrogen-bond donors (Lipinski definition) is 0. The Kier molecular flexibility index (Phi) is 5.97. The van der Waals surface area contributed by atoms with E-state index >= 15 is 0 Å². The molecule has 1 nitrogen and oxygen atoms in total. The molecule has 6 aromatic carbocycles. The predicted octanol–water partition coefficient (Wildman–Crippen LogP) is 9.56. The summed E-state index contributed by atoms with van der Waals surface area (Å²) in [5.74, 6) is 0. The van der Waals surface area contributed by atoms with E-state index in [0.717, 1.165) is 24.2 Å². The van der Waals surface area contributed by atoms with E-state index < -0.39 is 0 Å². The monoisotopic (exact) mass is 463 g/mol. The molecule has 0 aromatic heterocycles. The molecule has 0 fully saturated rings. The van der Waals surface area contributed by atoms with Gasteiger partial charge in [0.25, 0.3) is 0 Å². The van der Waals surface area contributed by atoms with Crippen LogP contribution in [0.5, 0.6) is 0 Å². The van der Waals surface area contributed by atoms with Crippen molar-refractivity contribution in [2.45, 2.75) is 19.8 Å². The van der Waals surface area contributed by atoms with E-state index in [-0.39, 0.29) is 0 Å². The van der Waals surface area contributed by atoms with E-state index in [4.69, 9.17) is 0 Å². The van der Waals surface area contributed by atoms with Crippen molar-refractivity contribution in [1.29, 1.82) is 0 Å². The minimum atomic E-state index is 1.04. The van der Waals surface area contributed by atoms with Crippen LogP contribution in [-0.2, 0) is 12.8 Å². The van der Waals surface area contributed by atoms with E-state index in [1.165, 1.54) is 43.9 Å². The number of rotatable bonds is 6. The van der Waals surface area contributed by atoms with Gasteiger partial charge in [0, 0.05) is 17.1 Å². The molecule has 6 aromatic rings. The van der Waals surface area contributed by atoms with Crippen molar-refractivity contribution in [2.75, 3.05) is 4.90 Å². The first-order chi connectivity index (χ1) is 17.7. The highest BCUT2D eigenvalue weighted by Gasteiger charge is 2.14. The topological polar surface area (TPSA) is 3.24 Å². The maximum absolute atomic E-state index is 2.36. The van der Waals surface area contributed by atoms with Crippen LogP contribution in [0.1, 0.15) is 16.7 Å². The number of aryl methyl sites for hydroxylation is 3.